The summed E-state index contributed by atoms with van der Waals surface area (Å²) in [6, 6.07) is 3.86. The number of aromatic nitrogens is 3. The molecule has 0 saturated carbocycles. The first kappa shape index (κ1) is 17.2. The van der Waals surface area contributed by atoms with Crippen LogP contribution >= 0.6 is 11.6 Å². The highest BCUT2D eigenvalue weighted by atomic mass is 35.5. The topological polar surface area (TPSA) is 57.4 Å². The first-order valence-electron chi connectivity index (χ1n) is 8.31. The minimum Gasteiger partial charge on any atom is -0.394 e. The van der Waals surface area contributed by atoms with Crippen LogP contribution in [0.4, 0.5) is 5.82 Å². The van der Waals surface area contributed by atoms with E-state index in [1.54, 1.807) is 6.20 Å². The van der Waals surface area contributed by atoms with Gasteiger partial charge in [-0.3, -0.25) is 9.58 Å². The molecule has 0 aromatic carbocycles. The summed E-state index contributed by atoms with van der Waals surface area (Å²) in [5.74, 6) is 0.988. The maximum absolute atomic E-state index is 9.13. The van der Waals surface area contributed by atoms with Crippen molar-refractivity contribution in [2.45, 2.75) is 26.9 Å². The molecule has 1 saturated heterocycles. The zero-order chi connectivity index (χ0) is 17.1. The highest BCUT2D eigenvalue weighted by Crippen LogP contribution is 2.19. The lowest BCUT2D eigenvalue weighted by Crippen LogP contribution is -2.46. The summed E-state index contributed by atoms with van der Waals surface area (Å²) in [5, 5.41) is 14.3. The second-order valence-corrected chi connectivity index (χ2v) is 6.63. The van der Waals surface area contributed by atoms with E-state index in [1.807, 2.05) is 23.7 Å². The molecule has 3 heterocycles. The van der Waals surface area contributed by atoms with Gasteiger partial charge in [-0.15, -0.1) is 0 Å². The van der Waals surface area contributed by atoms with Gasteiger partial charge in [-0.25, -0.2) is 4.98 Å². The van der Waals surface area contributed by atoms with Crippen molar-refractivity contribution in [2.75, 3.05) is 37.7 Å². The van der Waals surface area contributed by atoms with Crippen LogP contribution < -0.4 is 4.90 Å². The Kier molecular flexibility index (Phi) is 5.38. The van der Waals surface area contributed by atoms with Crippen LogP contribution in [-0.2, 0) is 13.1 Å². The van der Waals surface area contributed by atoms with Gasteiger partial charge in [-0.1, -0.05) is 11.6 Å². The Morgan fingerprint density at radius 3 is 2.54 bits per heavy atom. The Hall–Kier alpha value is -1.63. The molecular formula is C17H24ClN5O. The molecule has 2 aromatic rings. The summed E-state index contributed by atoms with van der Waals surface area (Å²) in [6.07, 6.45) is 1.70. The lowest BCUT2D eigenvalue weighted by atomic mass is 10.1. The summed E-state index contributed by atoms with van der Waals surface area (Å²) in [5.41, 5.74) is 3.49. The molecule has 0 amide bonds. The van der Waals surface area contributed by atoms with Crippen LogP contribution in [0.15, 0.2) is 18.3 Å². The van der Waals surface area contributed by atoms with Crippen LogP contribution in [0.2, 0.25) is 5.02 Å². The average Bonchev–Trinajstić information content (AvgIpc) is 2.84. The van der Waals surface area contributed by atoms with Crippen LogP contribution in [0.1, 0.15) is 17.0 Å². The van der Waals surface area contributed by atoms with E-state index in [0.717, 1.165) is 49.9 Å². The number of hydrogen-bond donors (Lipinski definition) is 1. The van der Waals surface area contributed by atoms with Crippen molar-refractivity contribution >= 4 is 17.4 Å². The predicted octanol–water partition coefficient (Wildman–Crippen LogP) is 1.86. The predicted molar refractivity (Wildman–Crippen MR) is 95.5 cm³/mol. The van der Waals surface area contributed by atoms with E-state index >= 15 is 0 Å². The SMILES string of the molecule is Cc1nn(CCO)c(C)c1CN1CCN(c2ccc(Cl)cn2)CC1. The molecule has 1 aliphatic rings. The van der Waals surface area contributed by atoms with Crippen molar-refractivity contribution in [1.29, 1.82) is 0 Å². The Morgan fingerprint density at radius 1 is 1.17 bits per heavy atom. The van der Waals surface area contributed by atoms with Gasteiger partial charge in [0.1, 0.15) is 5.82 Å². The van der Waals surface area contributed by atoms with Gasteiger partial charge in [0, 0.05) is 50.2 Å². The zero-order valence-electron chi connectivity index (χ0n) is 14.2. The van der Waals surface area contributed by atoms with Crippen LogP contribution in [0, 0.1) is 13.8 Å². The van der Waals surface area contributed by atoms with Crippen LogP contribution in [0.3, 0.4) is 0 Å². The van der Waals surface area contributed by atoms with Crippen LogP contribution in [0.25, 0.3) is 0 Å². The number of halogens is 1. The summed E-state index contributed by atoms with van der Waals surface area (Å²) in [4.78, 5) is 9.15. The summed E-state index contributed by atoms with van der Waals surface area (Å²) in [7, 11) is 0. The third-order valence-electron chi connectivity index (χ3n) is 4.63. The van der Waals surface area contributed by atoms with Gasteiger partial charge in [-0.2, -0.15) is 5.10 Å². The summed E-state index contributed by atoms with van der Waals surface area (Å²) < 4.78 is 1.90. The Labute approximate surface area is 147 Å². The quantitative estimate of drug-likeness (QED) is 0.893. The highest BCUT2D eigenvalue weighted by Gasteiger charge is 2.20. The Bertz CT molecular complexity index is 677. The first-order chi connectivity index (χ1) is 11.6. The summed E-state index contributed by atoms with van der Waals surface area (Å²) >= 11 is 5.91. The van der Waals surface area contributed by atoms with Gasteiger partial charge >= 0.3 is 0 Å². The third kappa shape index (κ3) is 3.71. The van der Waals surface area contributed by atoms with E-state index < -0.39 is 0 Å². The molecule has 0 spiro atoms. The third-order valence-corrected chi connectivity index (χ3v) is 4.86. The lowest BCUT2D eigenvalue weighted by Gasteiger charge is -2.35. The minimum atomic E-state index is 0.119. The molecule has 1 N–H and O–H groups in total. The molecule has 1 fully saturated rings. The number of piperazine rings is 1. The maximum atomic E-state index is 9.13. The number of anilines is 1. The molecule has 0 atom stereocenters. The molecule has 7 heteroatoms. The molecule has 3 rings (SSSR count). The number of aryl methyl sites for hydroxylation is 1. The van der Waals surface area contributed by atoms with E-state index in [-0.39, 0.29) is 6.61 Å². The van der Waals surface area contributed by atoms with E-state index in [1.165, 1.54) is 5.56 Å². The fourth-order valence-corrected chi connectivity index (χ4v) is 3.30. The molecule has 24 heavy (non-hydrogen) atoms. The molecule has 6 nitrogen and oxygen atoms in total. The van der Waals surface area contributed by atoms with Crippen molar-refractivity contribution in [2.24, 2.45) is 0 Å². The number of nitrogens with zero attached hydrogens (tertiary/aromatic N) is 5. The van der Waals surface area contributed by atoms with Crippen LogP contribution in [0.5, 0.6) is 0 Å². The van der Waals surface area contributed by atoms with Crippen molar-refractivity contribution in [1.82, 2.24) is 19.7 Å². The number of aliphatic hydroxyl groups excluding tert-OH is 1. The number of pyridine rings is 1. The smallest absolute Gasteiger partial charge is 0.128 e. The summed E-state index contributed by atoms with van der Waals surface area (Å²) in [6.45, 7) is 9.61. The number of rotatable bonds is 5. The normalized spacial score (nSPS) is 15.9. The molecule has 130 valence electrons. The van der Waals surface area contributed by atoms with Crippen molar-refractivity contribution in [3.8, 4) is 0 Å². The largest absolute Gasteiger partial charge is 0.394 e. The molecule has 0 bridgehead atoms. The van der Waals surface area contributed by atoms with E-state index in [2.05, 4.69) is 26.8 Å². The van der Waals surface area contributed by atoms with E-state index in [9.17, 15) is 0 Å². The minimum absolute atomic E-state index is 0.119. The highest BCUT2D eigenvalue weighted by molar-refractivity contribution is 6.30. The maximum Gasteiger partial charge on any atom is 0.128 e. The average molecular weight is 350 g/mol. The van der Waals surface area contributed by atoms with Gasteiger partial charge in [0.15, 0.2) is 0 Å². The van der Waals surface area contributed by atoms with Gasteiger partial charge in [-0.05, 0) is 26.0 Å². The van der Waals surface area contributed by atoms with Crippen molar-refractivity contribution < 1.29 is 5.11 Å². The Morgan fingerprint density at radius 2 is 1.92 bits per heavy atom. The molecule has 0 aliphatic carbocycles. The molecule has 2 aromatic heterocycles. The van der Waals surface area contributed by atoms with E-state index in [0.29, 0.717) is 11.6 Å². The van der Waals surface area contributed by atoms with Crippen LogP contribution in [-0.4, -0.2) is 57.6 Å². The molecule has 1 aliphatic heterocycles. The lowest BCUT2D eigenvalue weighted by molar-refractivity contribution is 0.247. The Balaban J connectivity index is 1.60. The van der Waals surface area contributed by atoms with E-state index in [4.69, 9.17) is 16.7 Å². The van der Waals surface area contributed by atoms with Crippen molar-refractivity contribution in [3.05, 3.63) is 40.3 Å². The van der Waals surface area contributed by atoms with Gasteiger partial charge < -0.3 is 10.0 Å². The van der Waals surface area contributed by atoms with Gasteiger partial charge in [0.2, 0.25) is 0 Å². The monoisotopic (exact) mass is 349 g/mol. The molecule has 0 radical (unpaired) electrons. The standard InChI is InChI=1S/C17H24ClN5O/c1-13-16(14(2)23(20-13)9-10-24)12-21-5-7-22(8-6-21)17-4-3-15(18)11-19-17/h3-4,11,24H,5-10,12H2,1-2H3. The molecule has 0 unspecified atom stereocenters. The first-order valence-corrected chi connectivity index (χ1v) is 8.69. The molecular weight excluding hydrogens is 326 g/mol. The fourth-order valence-electron chi connectivity index (χ4n) is 3.19. The number of hydrogen-bond acceptors (Lipinski definition) is 5. The second kappa shape index (κ2) is 7.51. The van der Waals surface area contributed by atoms with Gasteiger partial charge in [0.05, 0.1) is 23.9 Å². The number of aliphatic hydroxyl groups is 1. The fraction of sp³-hybridized carbons (Fsp3) is 0.529. The zero-order valence-corrected chi connectivity index (χ0v) is 15.0. The van der Waals surface area contributed by atoms with Crippen molar-refractivity contribution in [3.63, 3.8) is 0 Å². The van der Waals surface area contributed by atoms with Gasteiger partial charge in [0.25, 0.3) is 0 Å². The second-order valence-electron chi connectivity index (χ2n) is 6.19.